The molecule has 0 aromatic rings. The largest absolute Gasteiger partial charge is 0.396 e. The van der Waals surface area contributed by atoms with Crippen LogP contribution >= 0.6 is 0 Å². The molecule has 3 N–H and O–H groups in total. The van der Waals surface area contributed by atoms with E-state index in [4.69, 9.17) is 24.1 Å². The van der Waals surface area contributed by atoms with Crippen molar-refractivity contribution in [1.82, 2.24) is 9.80 Å². The molecule has 5 aliphatic carbocycles. The Morgan fingerprint density at radius 2 is 0.951 bits per heavy atom. The number of rotatable bonds is 8. The molecule has 0 radical (unpaired) electrons. The maximum Gasteiger partial charge on any atom is 0.0658 e. The molecule has 0 spiro atoms. The van der Waals surface area contributed by atoms with E-state index in [9.17, 15) is 10.2 Å². The topological polar surface area (TPSA) is 104 Å². The van der Waals surface area contributed by atoms with Gasteiger partial charge in [0, 0.05) is 41.5 Å². The zero-order valence-electron chi connectivity index (χ0n) is 58.9. The second kappa shape index (κ2) is 28.9. The van der Waals surface area contributed by atoms with Gasteiger partial charge in [-0.15, -0.1) is 0 Å². The number of nitrogens with zero attached hydrogens (tertiary/aromatic N) is 2. The molecular weight excluding hydrogens is 1000 g/mol. The Hall–Kier alpha value is -0.360. The normalized spacial score (nSPS) is 28.6. The Labute approximate surface area is 504 Å². The van der Waals surface area contributed by atoms with Gasteiger partial charge in [-0.25, -0.2) is 0 Å². The van der Waals surface area contributed by atoms with Crippen LogP contribution in [0.2, 0.25) is 0 Å². The maximum atomic E-state index is 10.6. The van der Waals surface area contributed by atoms with Crippen molar-refractivity contribution in [2.75, 3.05) is 98.8 Å². The van der Waals surface area contributed by atoms with E-state index in [1.807, 2.05) is 0 Å². The molecule has 5 aliphatic heterocycles. The summed E-state index contributed by atoms with van der Waals surface area (Å²) in [6, 6.07) is 0. The van der Waals surface area contributed by atoms with Crippen molar-refractivity contribution < 1.29 is 34.3 Å². The number of ether oxygens (including phenoxy) is 4. The lowest BCUT2D eigenvalue weighted by Crippen LogP contribution is -2.59. The Kier molecular flexibility index (Phi) is 26.7. The number of aliphatic hydroxyl groups is 3. The van der Waals surface area contributed by atoms with Crippen molar-refractivity contribution in [1.29, 1.82) is 0 Å². The molecule has 5 saturated carbocycles. The van der Waals surface area contributed by atoms with Crippen LogP contribution in [0, 0.1) is 76.8 Å². The van der Waals surface area contributed by atoms with Gasteiger partial charge in [0.1, 0.15) is 0 Å². The first-order chi connectivity index (χ1) is 36.6. The molecule has 5 saturated heterocycles. The fraction of sp³-hybridized carbons (Fsp3) is 1.00. The van der Waals surface area contributed by atoms with Crippen molar-refractivity contribution in [3.8, 4) is 0 Å². The lowest BCUT2D eigenvalue weighted by Gasteiger charge is -2.64. The van der Waals surface area contributed by atoms with Gasteiger partial charge in [0.2, 0.25) is 0 Å². The number of aliphatic hydroxyl groups excluding tert-OH is 2. The predicted octanol–water partition coefficient (Wildman–Crippen LogP) is 17.0. The van der Waals surface area contributed by atoms with Crippen LogP contribution in [-0.4, -0.2) is 135 Å². The summed E-state index contributed by atoms with van der Waals surface area (Å²) >= 11 is 0. The van der Waals surface area contributed by atoms with Gasteiger partial charge in [-0.1, -0.05) is 172 Å². The summed E-state index contributed by atoms with van der Waals surface area (Å²) in [5.74, 6) is 1.66. The smallest absolute Gasteiger partial charge is 0.0658 e. The first kappa shape index (κ1) is 74.9. The minimum absolute atomic E-state index is 0.0816. The molecule has 10 aliphatic rings. The SMILES string of the molecule is CC(C)(C)C1(C)COC1.CC(C)(C)C1(CO)CCCC1.CC(C)(C)C12CC3CC(CC(O)(C3)C1)C2.CC(C)(C)CC(C)(C)N1CCOCC1.CC(C)(C)CC1(C)COC1.CC(C)(C)CC1(CO)COC1.CC(C)(C)CCN1CCCC1. The highest BCUT2D eigenvalue weighted by Crippen LogP contribution is 2.67. The maximum absolute atomic E-state index is 10.6. The van der Waals surface area contributed by atoms with Gasteiger partial charge < -0.3 is 39.2 Å². The summed E-state index contributed by atoms with van der Waals surface area (Å²) in [6.07, 6.45) is 20.2. The zero-order valence-corrected chi connectivity index (χ0v) is 58.9. The minimum atomic E-state index is -0.280. The first-order valence-corrected chi connectivity index (χ1v) is 33.3. The molecule has 0 amide bonds. The predicted molar refractivity (Wildman–Crippen MR) is 345 cm³/mol. The van der Waals surface area contributed by atoms with E-state index in [0.29, 0.717) is 60.9 Å². The monoisotopic (exact) mass is 1150 g/mol. The van der Waals surface area contributed by atoms with E-state index in [1.165, 1.54) is 96.7 Å². The van der Waals surface area contributed by atoms with Gasteiger partial charge in [-0.2, -0.15) is 0 Å². The summed E-state index contributed by atoms with van der Waals surface area (Å²) in [5, 5.41) is 29.1. The zero-order chi connectivity index (χ0) is 62.1. The summed E-state index contributed by atoms with van der Waals surface area (Å²) in [4.78, 5) is 5.15. The molecule has 0 aromatic carbocycles. The van der Waals surface area contributed by atoms with Gasteiger partial charge in [-0.3, -0.25) is 4.90 Å². The molecule has 2 unspecified atom stereocenters. The Balaban J connectivity index is 0.000000250. The van der Waals surface area contributed by atoms with Gasteiger partial charge >= 0.3 is 0 Å². The third kappa shape index (κ3) is 24.3. The average molecular weight is 1150 g/mol. The fourth-order valence-electron chi connectivity index (χ4n) is 15.8. The lowest BCUT2D eigenvalue weighted by molar-refractivity contribution is -0.195. The van der Waals surface area contributed by atoms with Crippen molar-refractivity contribution in [2.45, 2.75) is 287 Å². The third-order valence-corrected chi connectivity index (χ3v) is 20.8. The molecule has 2 atom stereocenters. The number of morpholine rings is 1. The lowest BCUT2D eigenvalue weighted by atomic mass is 9.42. The van der Waals surface area contributed by atoms with E-state index in [0.717, 1.165) is 103 Å². The quantitative estimate of drug-likeness (QED) is 0.219. The van der Waals surface area contributed by atoms with Crippen LogP contribution < -0.4 is 0 Å². The highest BCUT2D eigenvalue weighted by atomic mass is 16.5. The number of likely N-dealkylation sites (tertiary alicyclic amines) is 1. The van der Waals surface area contributed by atoms with Gasteiger partial charge in [0.25, 0.3) is 0 Å². The fourth-order valence-corrected chi connectivity index (χ4v) is 15.8. The summed E-state index contributed by atoms with van der Waals surface area (Å²) < 4.78 is 20.8. The number of hydrogen-bond acceptors (Lipinski definition) is 9. The molecule has 5 heterocycles. The van der Waals surface area contributed by atoms with Crippen LogP contribution in [0.5, 0.6) is 0 Å². The summed E-state index contributed by atoms with van der Waals surface area (Å²) in [6.45, 7) is 71.2. The second-order valence-electron chi connectivity index (χ2n) is 37.9. The van der Waals surface area contributed by atoms with Crippen LogP contribution in [0.4, 0.5) is 0 Å². The Morgan fingerprint density at radius 1 is 0.481 bits per heavy atom. The molecule has 0 aromatic heterocycles. The molecule has 81 heavy (non-hydrogen) atoms. The summed E-state index contributed by atoms with van der Waals surface area (Å²) in [5.41, 5.74) is 4.44. The van der Waals surface area contributed by atoms with Crippen molar-refractivity contribution >= 4 is 0 Å². The molecule has 4 bridgehead atoms. The van der Waals surface area contributed by atoms with Crippen LogP contribution in [0.1, 0.15) is 276 Å². The first-order valence-electron chi connectivity index (χ1n) is 33.3. The van der Waals surface area contributed by atoms with Crippen molar-refractivity contribution in [2.24, 2.45) is 76.8 Å². The third-order valence-electron chi connectivity index (χ3n) is 20.8. The molecule has 10 rings (SSSR count). The van der Waals surface area contributed by atoms with Gasteiger partial charge in [0.15, 0.2) is 0 Å². The van der Waals surface area contributed by atoms with E-state index >= 15 is 0 Å². The Bertz CT molecular complexity index is 1760. The molecule has 9 heteroatoms. The minimum Gasteiger partial charge on any atom is -0.396 e. The van der Waals surface area contributed by atoms with Crippen LogP contribution in [0.25, 0.3) is 0 Å². The van der Waals surface area contributed by atoms with Crippen molar-refractivity contribution in [3.05, 3.63) is 0 Å². The Morgan fingerprint density at radius 3 is 1.21 bits per heavy atom. The molecular formula is C72H142N2O7. The van der Waals surface area contributed by atoms with E-state index < -0.39 is 0 Å². The second-order valence-corrected chi connectivity index (χ2v) is 37.9. The van der Waals surface area contributed by atoms with E-state index in [1.54, 1.807) is 0 Å². The number of hydrogen-bond donors (Lipinski definition) is 3. The standard InChI is InChI=1S/C14H24O.C12H25NO.C10H21N.C10H20O.C9H18O2.C9H18O.C8H16O/c1-12(2,3)13-5-10-4-11(6-13)8-14(15,7-10)9-13;1-11(2,3)10-12(4,5)13-6-8-14-9-7-13;1-10(2,3)6-9-11-7-4-5-8-11;1-9(2,3)10(8-11)6-4-5-7-10;1-8(2,3)4-9(5-10)6-11-7-9;1-8(2,3)5-9(4)6-10-7-9;1-7(2,3)8(4)5-9-6-8/h10-11,15H,4-9H2,1-3H3;6-10H2,1-5H3;4-9H2,1-3H3;11H,4-8H2,1-3H3;10H,4-7H2,1-3H3;5-7H2,1-4H3;5-6H2,1-4H3. The molecule has 10 fully saturated rings. The van der Waals surface area contributed by atoms with E-state index in [2.05, 4.69) is 183 Å². The molecule has 9 nitrogen and oxygen atoms in total. The van der Waals surface area contributed by atoms with Crippen molar-refractivity contribution in [3.63, 3.8) is 0 Å². The highest BCUT2D eigenvalue weighted by Gasteiger charge is 2.60. The summed E-state index contributed by atoms with van der Waals surface area (Å²) in [7, 11) is 0. The van der Waals surface area contributed by atoms with Crippen LogP contribution in [-0.2, 0) is 18.9 Å². The van der Waals surface area contributed by atoms with Gasteiger partial charge in [0.05, 0.1) is 65.1 Å². The van der Waals surface area contributed by atoms with Crippen LogP contribution in [0.3, 0.4) is 0 Å². The van der Waals surface area contributed by atoms with Crippen LogP contribution in [0.15, 0.2) is 0 Å². The molecule has 482 valence electrons. The van der Waals surface area contributed by atoms with Gasteiger partial charge in [-0.05, 0) is 184 Å². The highest BCUT2D eigenvalue weighted by molar-refractivity contribution is 5.11. The van der Waals surface area contributed by atoms with E-state index in [-0.39, 0.29) is 28.5 Å². The average Bonchev–Trinajstić information content (AvgIpc) is 3.98.